The number of aliphatic hydroxyl groups is 1. The topological polar surface area (TPSA) is 159 Å². The first-order chi connectivity index (χ1) is 14.6. The summed E-state index contributed by atoms with van der Waals surface area (Å²) in [7, 11) is 0. The molecule has 1 atom stereocenters. The van der Waals surface area contributed by atoms with Crippen LogP contribution in [0.5, 0.6) is 11.5 Å². The van der Waals surface area contributed by atoms with Crippen molar-refractivity contribution in [2.75, 3.05) is 5.32 Å². The van der Waals surface area contributed by atoms with Gasteiger partial charge in [0.2, 0.25) is 5.76 Å². The van der Waals surface area contributed by atoms with Gasteiger partial charge in [0.25, 0.3) is 5.91 Å². The molecule has 0 saturated heterocycles. The monoisotopic (exact) mass is 429 g/mol. The van der Waals surface area contributed by atoms with E-state index in [-0.39, 0.29) is 58.0 Å². The number of aliphatic hydroxyl groups excluding tert-OH is 1. The molecule has 0 aliphatic carbocycles. The molecule has 0 bridgehead atoms. The number of aromatic hydroxyl groups is 2. The van der Waals surface area contributed by atoms with E-state index in [0.29, 0.717) is 5.56 Å². The number of amides is 1. The molecule has 0 aliphatic rings. The summed E-state index contributed by atoms with van der Waals surface area (Å²) in [6.45, 7) is 6.72. The van der Waals surface area contributed by atoms with Gasteiger partial charge in [0.05, 0.1) is 5.56 Å². The quantitative estimate of drug-likeness (QED) is 0.410. The Kier molecular flexibility index (Phi) is 6.11. The summed E-state index contributed by atoms with van der Waals surface area (Å²) in [6.07, 6.45) is -0.770. The first-order valence-corrected chi connectivity index (χ1v) is 9.66. The molecule has 31 heavy (non-hydrogen) atoms. The normalized spacial score (nSPS) is 12.2. The van der Waals surface area contributed by atoms with E-state index in [4.69, 9.17) is 9.05 Å². The molecule has 3 rings (SSSR count). The molecule has 0 fully saturated rings. The smallest absolute Gasteiger partial charge is 0.278 e. The highest BCUT2D eigenvalue weighted by Gasteiger charge is 2.28. The molecule has 1 amide bonds. The molecule has 1 aromatic carbocycles. The third-order valence-corrected chi connectivity index (χ3v) is 4.76. The minimum absolute atomic E-state index is 0.00876. The Labute approximate surface area is 177 Å². The number of carbonyl (C=O) groups is 2. The number of hydrogen-bond donors (Lipinski definition) is 4. The van der Waals surface area contributed by atoms with Crippen LogP contribution in [0.3, 0.4) is 0 Å². The summed E-state index contributed by atoms with van der Waals surface area (Å²) in [5.41, 5.74) is 0.638. The van der Waals surface area contributed by atoms with Crippen LogP contribution in [0, 0.1) is 0 Å². The molecule has 164 valence electrons. The highest BCUT2D eigenvalue weighted by molar-refractivity contribution is 6.06. The van der Waals surface area contributed by atoms with Gasteiger partial charge in [-0.2, -0.15) is 0 Å². The Morgan fingerprint density at radius 2 is 1.81 bits per heavy atom. The highest BCUT2D eigenvalue weighted by atomic mass is 16.5. The zero-order valence-corrected chi connectivity index (χ0v) is 17.5. The second kappa shape index (κ2) is 8.60. The molecule has 4 N–H and O–H groups in total. The minimum Gasteiger partial charge on any atom is -0.508 e. The number of hydrogen-bond acceptors (Lipinski definition) is 9. The van der Waals surface area contributed by atoms with Gasteiger partial charge >= 0.3 is 0 Å². The third kappa shape index (κ3) is 4.29. The van der Waals surface area contributed by atoms with E-state index in [1.807, 2.05) is 13.8 Å². The van der Waals surface area contributed by atoms with E-state index in [2.05, 4.69) is 15.6 Å². The Morgan fingerprint density at radius 1 is 1.10 bits per heavy atom. The molecule has 10 nitrogen and oxygen atoms in total. The molecular weight excluding hydrogens is 406 g/mol. The van der Waals surface area contributed by atoms with Crippen LogP contribution in [-0.4, -0.2) is 37.3 Å². The Balaban J connectivity index is 2.09. The number of benzene rings is 1. The maximum atomic E-state index is 12.7. The van der Waals surface area contributed by atoms with Crippen molar-refractivity contribution >= 4 is 17.4 Å². The van der Waals surface area contributed by atoms with Crippen molar-refractivity contribution < 1.29 is 34.0 Å². The highest BCUT2D eigenvalue weighted by Crippen LogP contribution is 2.43. The molecule has 0 aliphatic heterocycles. The number of nitrogens with zero attached hydrogens (tertiary/aromatic N) is 2. The number of phenols is 2. The van der Waals surface area contributed by atoms with E-state index < -0.39 is 17.8 Å². The average molecular weight is 429 g/mol. The summed E-state index contributed by atoms with van der Waals surface area (Å²) in [4.78, 5) is 24.1. The van der Waals surface area contributed by atoms with E-state index in [9.17, 15) is 24.9 Å². The third-order valence-electron chi connectivity index (χ3n) is 4.76. The standard InChI is InChI=1S/C21H23N3O7/c1-5-14(26)18-19(22-21(29)13-7-17(10(4)25)30-23-13)20(31-24-18)12-6-11(9(2)3)15(27)8-16(12)28/h6-9,14,26-28H,5H2,1-4H3,(H,22,29). The lowest BCUT2D eigenvalue weighted by Crippen LogP contribution is -2.14. The second-order valence-corrected chi connectivity index (χ2v) is 7.37. The predicted octanol–water partition coefficient (Wildman–Crippen LogP) is 3.76. The van der Waals surface area contributed by atoms with Crippen LogP contribution < -0.4 is 5.32 Å². The van der Waals surface area contributed by atoms with Crippen molar-refractivity contribution in [3.05, 3.63) is 40.9 Å². The summed E-state index contributed by atoms with van der Waals surface area (Å²) in [5.74, 6) is -1.67. The Hall–Kier alpha value is -3.66. The van der Waals surface area contributed by atoms with Crippen molar-refractivity contribution in [3.63, 3.8) is 0 Å². The van der Waals surface area contributed by atoms with Gasteiger partial charge in [-0.25, -0.2) is 0 Å². The maximum Gasteiger partial charge on any atom is 0.278 e. The molecule has 1 unspecified atom stereocenters. The van der Waals surface area contributed by atoms with E-state index in [0.717, 1.165) is 0 Å². The summed E-state index contributed by atoms with van der Waals surface area (Å²) >= 11 is 0. The SMILES string of the molecule is CCC(O)c1noc(-c2cc(C(C)C)c(O)cc2O)c1NC(=O)c1cc(C(C)=O)on1. The number of Topliss-reactive ketones (excluding diaryl/α,β-unsaturated/α-hetero) is 1. The van der Waals surface area contributed by atoms with Crippen LogP contribution in [0.2, 0.25) is 0 Å². The summed E-state index contributed by atoms with van der Waals surface area (Å²) in [5, 5.41) is 40.9. The van der Waals surface area contributed by atoms with Gasteiger partial charge in [0, 0.05) is 19.1 Å². The molecule has 2 aromatic heterocycles. The first kappa shape index (κ1) is 22.0. The summed E-state index contributed by atoms with van der Waals surface area (Å²) < 4.78 is 10.2. The number of rotatable bonds is 7. The molecule has 0 saturated carbocycles. The van der Waals surface area contributed by atoms with E-state index in [1.165, 1.54) is 25.1 Å². The van der Waals surface area contributed by atoms with Gasteiger partial charge in [0.1, 0.15) is 29.0 Å². The number of nitrogens with one attached hydrogen (secondary N) is 1. The first-order valence-electron chi connectivity index (χ1n) is 9.66. The summed E-state index contributed by atoms with van der Waals surface area (Å²) in [6, 6.07) is 3.89. The van der Waals surface area contributed by atoms with Gasteiger partial charge < -0.3 is 29.7 Å². The second-order valence-electron chi connectivity index (χ2n) is 7.37. The minimum atomic E-state index is -1.05. The van der Waals surface area contributed by atoms with Gasteiger partial charge in [-0.05, 0) is 24.0 Å². The van der Waals surface area contributed by atoms with Gasteiger partial charge in [-0.1, -0.05) is 31.1 Å². The van der Waals surface area contributed by atoms with E-state index in [1.54, 1.807) is 6.92 Å². The zero-order chi connectivity index (χ0) is 22.9. The lowest BCUT2D eigenvalue weighted by atomic mass is 9.97. The number of ketones is 1. The Morgan fingerprint density at radius 3 is 2.39 bits per heavy atom. The van der Waals surface area contributed by atoms with Gasteiger partial charge in [-0.3, -0.25) is 9.59 Å². The fourth-order valence-corrected chi connectivity index (χ4v) is 2.99. The van der Waals surface area contributed by atoms with Crippen LogP contribution in [0.25, 0.3) is 11.3 Å². The van der Waals surface area contributed by atoms with Crippen molar-refractivity contribution in [1.82, 2.24) is 10.3 Å². The molecule has 0 radical (unpaired) electrons. The van der Waals surface area contributed by atoms with Crippen LogP contribution in [0.1, 0.15) is 78.4 Å². The molecule has 3 aromatic rings. The van der Waals surface area contributed by atoms with Crippen LogP contribution in [-0.2, 0) is 0 Å². The average Bonchev–Trinajstić information content (AvgIpc) is 3.35. The van der Waals surface area contributed by atoms with Crippen LogP contribution >= 0.6 is 0 Å². The predicted molar refractivity (Wildman–Crippen MR) is 109 cm³/mol. The van der Waals surface area contributed by atoms with Crippen molar-refractivity contribution in [2.45, 2.75) is 46.1 Å². The number of anilines is 1. The molecule has 0 spiro atoms. The fourth-order valence-electron chi connectivity index (χ4n) is 2.99. The number of aromatic nitrogens is 2. The van der Waals surface area contributed by atoms with Crippen molar-refractivity contribution in [3.8, 4) is 22.8 Å². The van der Waals surface area contributed by atoms with Gasteiger partial charge in [0.15, 0.2) is 17.2 Å². The maximum absolute atomic E-state index is 12.7. The van der Waals surface area contributed by atoms with E-state index >= 15 is 0 Å². The van der Waals surface area contributed by atoms with Gasteiger partial charge in [-0.15, -0.1) is 0 Å². The number of phenolic OH excluding ortho intramolecular Hbond substituents is 2. The van der Waals surface area contributed by atoms with Crippen LogP contribution in [0.15, 0.2) is 27.2 Å². The fraction of sp³-hybridized carbons (Fsp3) is 0.333. The lowest BCUT2D eigenvalue weighted by molar-refractivity contribution is 0.0972. The molecule has 10 heteroatoms. The Bertz CT molecular complexity index is 1130. The zero-order valence-electron chi connectivity index (χ0n) is 17.5. The van der Waals surface area contributed by atoms with Crippen LogP contribution in [0.4, 0.5) is 5.69 Å². The van der Waals surface area contributed by atoms with Crippen molar-refractivity contribution in [2.24, 2.45) is 0 Å². The van der Waals surface area contributed by atoms with Crippen molar-refractivity contribution in [1.29, 1.82) is 0 Å². The molecular formula is C21H23N3O7. The lowest BCUT2D eigenvalue weighted by Gasteiger charge is -2.13. The largest absolute Gasteiger partial charge is 0.508 e. The molecule has 2 heterocycles. The number of carbonyl (C=O) groups excluding carboxylic acids is 2.